The predicted octanol–water partition coefficient (Wildman–Crippen LogP) is 4.20. The Morgan fingerprint density at radius 2 is 1.87 bits per heavy atom. The second-order valence-corrected chi connectivity index (χ2v) is 5.70. The zero-order chi connectivity index (χ0) is 17.0. The number of hydrogen-bond donors (Lipinski definition) is 0. The maximum atomic E-state index is 14.5. The minimum atomic E-state index is -0.749. The summed E-state index contributed by atoms with van der Waals surface area (Å²) in [4.78, 5) is 12.2. The molecule has 4 heteroatoms. The Balaban J connectivity index is 2.58. The second-order valence-electron chi connectivity index (χ2n) is 5.70. The molecule has 2 aromatic carbocycles. The first kappa shape index (κ1) is 16.7. The first-order valence-corrected chi connectivity index (χ1v) is 7.38. The van der Waals surface area contributed by atoms with E-state index in [1.165, 1.54) is 12.1 Å². The molecule has 0 heterocycles. The molecular weight excluding hydrogens is 293 g/mol. The van der Waals surface area contributed by atoms with Gasteiger partial charge in [-0.25, -0.2) is 9.18 Å². The van der Waals surface area contributed by atoms with Crippen LogP contribution in [0.2, 0.25) is 0 Å². The number of nitrogens with zero attached hydrogens (tertiary/aromatic N) is 1. The SMILES string of the molecule is CCOC(=O)c1cccc(F)c1C(C)(C)c1ccc(C#N)cc1. The molecule has 0 amide bonds. The van der Waals surface area contributed by atoms with Crippen LogP contribution in [0, 0.1) is 17.1 Å². The van der Waals surface area contributed by atoms with Gasteiger partial charge in [0.1, 0.15) is 5.82 Å². The minimum absolute atomic E-state index is 0.223. The lowest BCUT2D eigenvalue weighted by Crippen LogP contribution is -2.25. The van der Waals surface area contributed by atoms with Crippen molar-refractivity contribution in [2.45, 2.75) is 26.2 Å². The third-order valence-corrected chi connectivity index (χ3v) is 3.87. The fraction of sp³-hybridized carbons (Fsp3) is 0.263. The van der Waals surface area contributed by atoms with Crippen molar-refractivity contribution in [1.29, 1.82) is 5.26 Å². The predicted molar refractivity (Wildman–Crippen MR) is 85.6 cm³/mol. The minimum Gasteiger partial charge on any atom is -0.462 e. The average molecular weight is 311 g/mol. The lowest BCUT2D eigenvalue weighted by molar-refractivity contribution is 0.0523. The van der Waals surface area contributed by atoms with Gasteiger partial charge in [0, 0.05) is 11.0 Å². The van der Waals surface area contributed by atoms with E-state index in [0.717, 1.165) is 5.56 Å². The maximum Gasteiger partial charge on any atom is 0.338 e. The maximum absolute atomic E-state index is 14.5. The van der Waals surface area contributed by atoms with Crippen LogP contribution in [0.4, 0.5) is 4.39 Å². The second kappa shape index (κ2) is 6.62. The molecule has 0 aliphatic heterocycles. The standard InChI is InChI=1S/C19H18FNO2/c1-4-23-18(22)15-6-5-7-16(20)17(15)19(2,3)14-10-8-13(12-21)9-11-14/h5-11H,4H2,1-3H3. The number of nitriles is 1. The molecule has 0 aliphatic carbocycles. The molecule has 0 N–H and O–H groups in total. The summed E-state index contributed by atoms with van der Waals surface area (Å²) in [5, 5.41) is 8.90. The topological polar surface area (TPSA) is 50.1 Å². The third-order valence-electron chi connectivity index (χ3n) is 3.87. The molecular formula is C19H18FNO2. The van der Waals surface area contributed by atoms with Crippen molar-refractivity contribution in [3.63, 3.8) is 0 Å². The van der Waals surface area contributed by atoms with Gasteiger partial charge in [-0.15, -0.1) is 0 Å². The Morgan fingerprint density at radius 1 is 1.22 bits per heavy atom. The zero-order valence-electron chi connectivity index (χ0n) is 13.4. The van der Waals surface area contributed by atoms with Crippen LogP contribution < -0.4 is 0 Å². The van der Waals surface area contributed by atoms with Crippen LogP contribution >= 0.6 is 0 Å². The fourth-order valence-electron chi connectivity index (χ4n) is 2.64. The van der Waals surface area contributed by atoms with Gasteiger partial charge in [0.05, 0.1) is 23.8 Å². The quantitative estimate of drug-likeness (QED) is 0.795. The highest BCUT2D eigenvalue weighted by atomic mass is 19.1. The van der Waals surface area contributed by atoms with Gasteiger partial charge in [-0.1, -0.05) is 32.0 Å². The van der Waals surface area contributed by atoms with Gasteiger partial charge in [-0.05, 0) is 36.8 Å². The molecule has 0 radical (unpaired) electrons. The summed E-state index contributed by atoms with van der Waals surface area (Å²) in [6.45, 7) is 5.62. The molecule has 0 fully saturated rings. The van der Waals surface area contributed by atoms with Gasteiger partial charge in [-0.3, -0.25) is 0 Å². The van der Waals surface area contributed by atoms with Gasteiger partial charge < -0.3 is 4.74 Å². The van der Waals surface area contributed by atoms with Crippen molar-refractivity contribution in [2.24, 2.45) is 0 Å². The van der Waals surface area contributed by atoms with E-state index in [2.05, 4.69) is 6.07 Å². The van der Waals surface area contributed by atoms with Crippen LogP contribution in [-0.4, -0.2) is 12.6 Å². The summed E-state index contributed by atoms with van der Waals surface area (Å²) in [5.74, 6) is -0.992. The van der Waals surface area contributed by atoms with Gasteiger partial charge in [-0.2, -0.15) is 5.26 Å². The van der Waals surface area contributed by atoms with Crippen molar-refractivity contribution in [3.05, 3.63) is 70.5 Å². The van der Waals surface area contributed by atoms with Gasteiger partial charge in [0.2, 0.25) is 0 Å². The van der Waals surface area contributed by atoms with Crippen molar-refractivity contribution < 1.29 is 13.9 Å². The summed E-state index contributed by atoms with van der Waals surface area (Å²) in [7, 11) is 0. The lowest BCUT2D eigenvalue weighted by Gasteiger charge is -2.28. The number of carbonyl (C=O) groups is 1. The molecule has 0 spiro atoms. The van der Waals surface area contributed by atoms with E-state index >= 15 is 0 Å². The largest absolute Gasteiger partial charge is 0.462 e. The molecule has 118 valence electrons. The van der Waals surface area contributed by atoms with E-state index in [4.69, 9.17) is 10.00 Å². The summed E-state index contributed by atoms with van der Waals surface area (Å²) in [6.07, 6.45) is 0. The number of halogens is 1. The Hall–Kier alpha value is -2.67. The van der Waals surface area contributed by atoms with Gasteiger partial charge in [0.15, 0.2) is 0 Å². The number of ether oxygens (including phenoxy) is 1. The van der Waals surface area contributed by atoms with E-state index in [0.29, 0.717) is 11.1 Å². The van der Waals surface area contributed by atoms with Crippen LogP contribution in [0.1, 0.15) is 47.8 Å². The van der Waals surface area contributed by atoms with Crippen LogP contribution in [0.3, 0.4) is 0 Å². The highest BCUT2D eigenvalue weighted by Crippen LogP contribution is 2.35. The van der Waals surface area contributed by atoms with Gasteiger partial charge >= 0.3 is 5.97 Å². The molecule has 0 aliphatic rings. The average Bonchev–Trinajstić information content (AvgIpc) is 2.54. The molecule has 2 rings (SSSR count). The number of hydrogen-bond acceptors (Lipinski definition) is 3. The van der Waals surface area contributed by atoms with Crippen molar-refractivity contribution in [1.82, 2.24) is 0 Å². The van der Waals surface area contributed by atoms with Crippen molar-refractivity contribution >= 4 is 5.97 Å². The fourth-order valence-corrected chi connectivity index (χ4v) is 2.64. The Morgan fingerprint density at radius 3 is 2.43 bits per heavy atom. The lowest BCUT2D eigenvalue weighted by atomic mass is 9.75. The Kier molecular flexibility index (Phi) is 4.80. The van der Waals surface area contributed by atoms with Crippen LogP contribution in [0.25, 0.3) is 0 Å². The molecule has 0 saturated heterocycles. The van der Waals surface area contributed by atoms with Crippen LogP contribution in [0.5, 0.6) is 0 Å². The molecule has 0 atom stereocenters. The number of carbonyl (C=O) groups excluding carboxylic acids is 1. The first-order valence-electron chi connectivity index (χ1n) is 7.38. The third kappa shape index (κ3) is 3.24. The Bertz CT molecular complexity index is 758. The van der Waals surface area contributed by atoms with E-state index in [1.54, 1.807) is 37.3 Å². The molecule has 0 aromatic heterocycles. The summed E-state index contributed by atoms with van der Waals surface area (Å²) in [6, 6.07) is 13.4. The number of rotatable bonds is 4. The Labute approximate surface area is 135 Å². The normalized spacial score (nSPS) is 10.9. The van der Waals surface area contributed by atoms with Gasteiger partial charge in [0.25, 0.3) is 0 Å². The van der Waals surface area contributed by atoms with E-state index in [9.17, 15) is 9.18 Å². The number of esters is 1. The van der Waals surface area contributed by atoms with Crippen molar-refractivity contribution in [2.75, 3.05) is 6.61 Å². The summed E-state index contributed by atoms with van der Waals surface area (Å²) in [5.41, 5.74) is 1.11. The monoisotopic (exact) mass is 311 g/mol. The molecule has 3 nitrogen and oxygen atoms in total. The van der Waals surface area contributed by atoms with E-state index < -0.39 is 17.2 Å². The van der Waals surface area contributed by atoms with Crippen LogP contribution in [0.15, 0.2) is 42.5 Å². The summed E-state index contributed by atoms with van der Waals surface area (Å²) >= 11 is 0. The molecule has 23 heavy (non-hydrogen) atoms. The summed E-state index contributed by atoms with van der Waals surface area (Å²) < 4.78 is 19.6. The number of benzene rings is 2. The highest BCUT2D eigenvalue weighted by Gasteiger charge is 2.31. The first-order chi connectivity index (χ1) is 10.9. The highest BCUT2D eigenvalue weighted by molar-refractivity contribution is 5.91. The molecule has 0 unspecified atom stereocenters. The molecule has 0 bridgehead atoms. The van der Waals surface area contributed by atoms with Crippen molar-refractivity contribution in [3.8, 4) is 6.07 Å². The van der Waals surface area contributed by atoms with Crippen LogP contribution in [-0.2, 0) is 10.2 Å². The molecule has 2 aromatic rings. The van der Waals surface area contributed by atoms with E-state index in [-0.39, 0.29) is 12.2 Å². The molecule has 0 saturated carbocycles. The smallest absolute Gasteiger partial charge is 0.338 e. The zero-order valence-corrected chi connectivity index (χ0v) is 13.4. The van der Waals surface area contributed by atoms with E-state index in [1.807, 2.05) is 13.8 Å².